The minimum absolute atomic E-state index is 0.0651. The van der Waals surface area contributed by atoms with Crippen molar-refractivity contribution in [1.29, 1.82) is 0 Å². The van der Waals surface area contributed by atoms with Gasteiger partial charge in [-0.2, -0.15) is 0 Å². The zero-order chi connectivity index (χ0) is 12.3. The molecule has 17 heavy (non-hydrogen) atoms. The van der Waals surface area contributed by atoms with E-state index in [1.54, 1.807) is 18.5 Å². The van der Waals surface area contributed by atoms with Crippen LogP contribution in [0.4, 0.5) is 5.69 Å². The Balaban J connectivity index is 1.90. The summed E-state index contributed by atoms with van der Waals surface area (Å²) in [7, 11) is 0. The normalized spacial score (nSPS) is 24.2. The molecule has 0 spiro atoms. The molecule has 1 heterocycles. The summed E-state index contributed by atoms with van der Waals surface area (Å²) in [6, 6.07) is 1.73. The quantitative estimate of drug-likeness (QED) is 0.834. The fourth-order valence-corrected chi connectivity index (χ4v) is 2.11. The van der Waals surface area contributed by atoms with Crippen LogP contribution in [-0.4, -0.2) is 22.2 Å². The van der Waals surface area contributed by atoms with Crippen molar-refractivity contribution in [3.8, 4) is 5.75 Å². The number of nitrogens with zero attached hydrogens (tertiary/aromatic N) is 1. The molecule has 1 saturated carbocycles. The standard InChI is InChI=1S/C12H16N2O3/c13-10-7-14-6-5-11(10)17-9-3-1-8(2-4-9)12(15)16/h5-9H,1-4,13H2,(H,15,16). The first-order valence-electron chi connectivity index (χ1n) is 5.75. The van der Waals surface area contributed by atoms with E-state index in [2.05, 4.69) is 4.98 Å². The molecule has 1 aromatic heterocycles. The summed E-state index contributed by atoms with van der Waals surface area (Å²) in [4.78, 5) is 14.7. The Morgan fingerprint density at radius 3 is 2.71 bits per heavy atom. The van der Waals surface area contributed by atoms with Crippen molar-refractivity contribution in [2.24, 2.45) is 5.92 Å². The van der Waals surface area contributed by atoms with Crippen LogP contribution in [0.2, 0.25) is 0 Å². The number of nitrogen functional groups attached to an aromatic ring is 1. The summed E-state index contributed by atoms with van der Waals surface area (Å²) < 4.78 is 5.76. The third kappa shape index (κ3) is 2.87. The summed E-state index contributed by atoms with van der Waals surface area (Å²) in [5, 5.41) is 8.89. The highest BCUT2D eigenvalue weighted by Gasteiger charge is 2.27. The Bertz CT molecular complexity index is 400. The molecule has 0 bridgehead atoms. The van der Waals surface area contributed by atoms with Gasteiger partial charge in [0, 0.05) is 12.3 Å². The fourth-order valence-electron chi connectivity index (χ4n) is 2.11. The molecule has 1 aromatic rings. The molecule has 1 aliphatic rings. The average molecular weight is 236 g/mol. The number of aliphatic carboxylic acids is 1. The van der Waals surface area contributed by atoms with Gasteiger partial charge in [0.15, 0.2) is 0 Å². The smallest absolute Gasteiger partial charge is 0.306 e. The van der Waals surface area contributed by atoms with Gasteiger partial charge in [0.2, 0.25) is 0 Å². The summed E-state index contributed by atoms with van der Waals surface area (Å²) in [5.41, 5.74) is 6.25. The molecule has 1 fully saturated rings. The van der Waals surface area contributed by atoms with Gasteiger partial charge in [-0.15, -0.1) is 0 Å². The molecular weight excluding hydrogens is 220 g/mol. The number of anilines is 1. The largest absolute Gasteiger partial charge is 0.488 e. The van der Waals surface area contributed by atoms with Gasteiger partial charge in [0.05, 0.1) is 23.9 Å². The van der Waals surface area contributed by atoms with Crippen LogP contribution in [0.3, 0.4) is 0 Å². The second-order valence-corrected chi connectivity index (χ2v) is 4.34. The molecular formula is C12H16N2O3. The van der Waals surface area contributed by atoms with E-state index in [1.807, 2.05) is 0 Å². The van der Waals surface area contributed by atoms with Gasteiger partial charge >= 0.3 is 5.97 Å². The molecule has 0 aromatic carbocycles. The topological polar surface area (TPSA) is 85.4 Å². The molecule has 5 nitrogen and oxygen atoms in total. The van der Waals surface area contributed by atoms with Gasteiger partial charge in [-0.25, -0.2) is 0 Å². The predicted molar refractivity (Wildman–Crippen MR) is 62.7 cm³/mol. The molecule has 0 aliphatic heterocycles. The van der Waals surface area contributed by atoms with E-state index >= 15 is 0 Å². The van der Waals surface area contributed by atoms with E-state index in [0.29, 0.717) is 24.3 Å². The summed E-state index contributed by atoms with van der Waals surface area (Å²) >= 11 is 0. The average Bonchev–Trinajstić information content (AvgIpc) is 2.33. The van der Waals surface area contributed by atoms with Crippen molar-refractivity contribution in [2.75, 3.05) is 5.73 Å². The van der Waals surface area contributed by atoms with Crippen molar-refractivity contribution in [3.63, 3.8) is 0 Å². The highest BCUT2D eigenvalue weighted by Crippen LogP contribution is 2.29. The number of pyridine rings is 1. The number of hydrogen-bond acceptors (Lipinski definition) is 4. The monoisotopic (exact) mass is 236 g/mol. The van der Waals surface area contributed by atoms with Crippen molar-refractivity contribution in [2.45, 2.75) is 31.8 Å². The SMILES string of the molecule is Nc1cnccc1OC1CCC(C(=O)O)CC1. The molecule has 0 unspecified atom stereocenters. The highest BCUT2D eigenvalue weighted by atomic mass is 16.5. The number of carboxylic acid groups (broad SMARTS) is 1. The molecule has 0 saturated heterocycles. The van der Waals surface area contributed by atoms with Crippen LogP contribution >= 0.6 is 0 Å². The van der Waals surface area contributed by atoms with E-state index in [1.165, 1.54) is 0 Å². The van der Waals surface area contributed by atoms with Crippen LogP contribution in [0.5, 0.6) is 5.75 Å². The lowest BCUT2D eigenvalue weighted by Gasteiger charge is -2.27. The van der Waals surface area contributed by atoms with Gasteiger partial charge < -0.3 is 15.6 Å². The van der Waals surface area contributed by atoms with Crippen LogP contribution in [0.1, 0.15) is 25.7 Å². The van der Waals surface area contributed by atoms with Gasteiger partial charge in [0.1, 0.15) is 5.75 Å². The lowest BCUT2D eigenvalue weighted by atomic mass is 9.87. The molecule has 2 rings (SSSR count). The third-order valence-electron chi connectivity index (χ3n) is 3.13. The van der Waals surface area contributed by atoms with Gasteiger partial charge in [-0.1, -0.05) is 0 Å². The second kappa shape index (κ2) is 5.03. The maximum Gasteiger partial charge on any atom is 0.306 e. The molecule has 92 valence electrons. The molecule has 5 heteroatoms. The molecule has 0 atom stereocenters. The second-order valence-electron chi connectivity index (χ2n) is 4.34. The number of carbonyl (C=O) groups is 1. The van der Waals surface area contributed by atoms with Crippen molar-refractivity contribution >= 4 is 11.7 Å². The van der Waals surface area contributed by atoms with E-state index in [-0.39, 0.29) is 12.0 Å². The van der Waals surface area contributed by atoms with E-state index in [9.17, 15) is 4.79 Å². The van der Waals surface area contributed by atoms with Crippen LogP contribution in [-0.2, 0) is 4.79 Å². The van der Waals surface area contributed by atoms with Crippen LogP contribution < -0.4 is 10.5 Å². The zero-order valence-electron chi connectivity index (χ0n) is 9.50. The van der Waals surface area contributed by atoms with Crippen LogP contribution in [0.25, 0.3) is 0 Å². The van der Waals surface area contributed by atoms with E-state index in [4.69, 9.17) is 15.6 Å². The lowest BCUT2D eigenvalue weighted by Crippen LogP contribution is -2.28. The lowest BCUT2D eigenvalue weighted by molar-refractivity contribution is -0.143. The summed E-state index contributed by atoms with van der Waals surface area (Å²) in [6.45, 7) is 0. The first-order chi connectivity index (χ1) is 8.16. The maximum atomic E-state index is 10.8. The van der Waals surface area contributed by atoms with Gasteiger partial charge in [-0.05, 0) is 25.7 Å². The minimum Gasteiger partial charge on any atom is -0.488 e. The van der Waals surface area contributed by atoms with Gasteiger partial charge in [0.25, 0.3) is 0 Å². The number of ether oxygens (including phenoxy) is 1. The Morgan fingerprint density at radius 1 is 1.41 bits per heavy atom. The van der Waals surface area contributed by atoms with Crippen molar-refractivity contribution < 1.29 is 14.6 Å². The number of hydrogen-bond donors (Lipinski definition) is 2. The first kappa shape index (κ1) is 11.7. The van der Waals surface area contributed by atoms with Crippen molar-refractivity contribution in [3.05, 3.63) is 18.5 Å². The van der Waals surface area contributed by atoms with Crippen LogP contribution in [0.15, 0.2) is 18.5 Å². The van der Waals surface area contributed by atoms with E-state index < -0.39 is 5.97 Å². The Hall–Kier alpha value is -1.78. The third-order valence-corrected chi connectivity index (χ3v) is 3.13. The van der Waals surface area contributed by atoms with Crippen molar-refractivity contribution in [1.82, 2.24) is 4.98 Å². The minimum atomic E-state index is -0.702. The summed E-state index contributed by atoms with van der Waals surface area (Å²) in [6.07, 6.45) is 6.12. The zero-order valence-corrected chi connectivity index (χ0v) is 9.50. The molecule has 1 aliphatic carbocycles. The van der Waals surface area contributed by atoms with Crippen LogP contribution in [0, 0.1) is 5.92 Å². The fraction of sp³-hybridized carbons (Fsp3) is 0.500. The van der Waals surface area contributed by atoms with Gasteiger partial charge in [-0.3, -0.25) is 9.78 Å². The number of carboxylic acids is 1. The number of aromatic nitrogens is 1. The summed E-state index contributed by atoms with van der Waals surface area (Å²) in [5.74, 6) is -0.282. The molecule has 3 N–H and O–H groups in total. The molecule has 0 radical (unpaired) electrons. The predicted octanol–water partition coefficient (Wildman–Crippen LogP) is 1.69. The molecule has 0 amide bonds. The Kier molecular flexibility index (Phi) is 3.46. The van der Waals surface area contributed by atoms with E-state index in [0.717, 1.165) is 12.8 Å². The maximum absolute atomic E-state index is 10.8. The number of rotatable bonds is 3. The Labute approximate surface area is 99.6 Å². The Morgan fingerprint density at radius 2 is 2.12 bits per heavy atom. The highest BCUT2D eigenvalue weighted by molar-refractivity contribution is 5.70. The number of nitrogens with two attached hydrogens (primary N) is 1. The first-order valence-corrected chi connectivity index (χ1v) is 5.75.